The molecule has 0 aromatic carbocycles. The van der Waals surface area contributed by atoms with Crippen LogP contribution in [0.15, 0.2) is 4.79 Å². The second-order valence-corrected chi connectivity index (χ2v) is 6.19. The lowest BCUT2D eigenvalue weighted by Crippen LogP contribution is -2.09. The first-order chi connectivity index (χ1) is 7.83. The molecule has 0 amide bonds. The van der Waals surface area contributed by atoms with Gasteiger partial charge in [0.2, 0.25) is 0 Å². The van der Waals surface area contributed by atoms with Crippen molar-refractivity contribution in [3.63, 3.8) is 0 Å². The van der Waals surface area contributed by atoms with Gasteiger partial charge in [-0.15, -0.1) is 0 Å². The topological polar surface area (TPSA) is 129 Å². The normalized spacial score (nSPS) is 11.4. The van der Waals surface area contributed by atoms with Gasteiger partial charge in [0.15, 0.2) is 0 Å². The number of H-pyrrole nitrogens is 2. The zero-order valence-corrected chi connectivity index (χ0v) is 10.4. The predicted octanol–water partition coefficient (Wildman–Crippen LogP) is -0.0843. The van der Waals surface area contributed by atoms with Gasteiger partial charge in [-0.2, -0.15) is 8.42 Å². The van der Waals surface area contributed by atoms with Crippen molar-refractivity contribution in [3.05, 3.63) is 21.9 Å². The number of nitrogens with one attached hydrogen (secondary N) is 2. The predicted molar refractivity (Wildman–Crippen MR) is 60.2 cm³/mol. The number of aromatic nitrogens is 2. The van der Waals surface area contributed by atoms with Crippen LogP contribution in [0.4, 0.5) is 0 Å². The van der Waals surface area contributed by atoms with Crippen LogP contribution in [0.2, 0.25) is 0 Å². The number of aromatic amines is 2. The van der Waals surface area contributed by atoms with E-state index in [2.05, 4.69) is 14.7 Å². The highest BCUT2D eigenvalue weighted by Crippen LogP contribution is 2.17. The van der Waals surface area contributed by atoms with Crippen molar-refractivity contribution in [2.45, 2.75) is 12.7 Å². The Bertz CT molecular complexity index is 557. The molecule has 1 aromatic rings. The number of carbonyl (C=O) groups is 1. The summed E-state index contributed by atoms with van der Waals surface area (Å²) in [6, 6.07) is 0. The summed E-state index contributed by atoms with van der Waals surface area (Å²) < 4.78 is 34.2. The number of rotatable bonds is 5. The van der Waals surface area contributed by atoms with Gasteiger partial charge in [0.1, 0.15) is 5.69 Å². The molecule has 0 atom stereocenters. The summed E-state index contributed by atoms with van der Waals surface area (Å²) in [7, 11) is -4.06. The van der Waals surface area contributed by atoms with Crippen LogP contribution in [0.25, 0.3) is 0 Å². The molecule has 17 heavy (non-hydrogen) atoms. The number of carbonyl (C=O) groups excluding carboxylic acids is 1. The van der Waals surface area contributed by atoms with Crippen molar-refractivity contribution in [3.8, 4) is 0 Å². The summed E-state index contributed by atoms with van der Waals surface area (Å²) >= 11 is 0. The van der Waals surface area contributed by atoms with Gasteiger partial charge in [-0.05, 0) is 6.92 Å². The van der Waals surface area contributed by atoms with E-state index in [9.17, 15) is 18.0 Å². The summed E-state index contributed by atoms with van der Waals surface area (Å²) in [6.07, 6.45) is 0. The van der Waals surface area contributed by atoms with E-state index in [0.717, 1.165) is 0 Å². The minimum absolute atomic E-state index is 0.0519. The van der Waals surface area contributed by atoms with Crippen LogP contribution < -0.4 is 5.69 Å². The molecule has 0 aliphatic carbocycles. The number of esters is 1. The molecular formula is C7H10N2O6S2. The summed E-state index contributed by atoms with van der Waals surface area (Å²) in [5, 5.41) is 0. The second-order valence-electron chi connectivity index (χ2n) is 2.84. The van der Waals surface area contributed by atoms with Gasteiger partial charge >= 0.3 is 20.8 Å². The Kier molecular flexibility index (Phi) is 4.37. The maximum atomic E-state index is 11.4. The van der Waals surface area contributed by atoms with Crippen molar-refractivity contribution >= 4 is 25.9 Å². The van der Waals surface area contributed by atoms with Crippen molar-refractivity contribution in [1.82, 2.24) is 9.97 Å². The second kappa shape index (κ2) is 5.38. The Morgan fingerprint density at radius 3 is 2.65 bits per heavy atom. The van der Waals surface area contributed by atoms with Crippen LogP contribution in [0.5, 0.6) is 0 Å². The average molecular weight is 282 g/mol. The molecule has 1 heterocycles. The molecule has 96 valence electrons. The lowest BCUT2D eigenvalue weighted by atomic mass is 10.3. The first-order valence-electron chi connectivity index (χ1n) is 4.43. The van der Waals surface area contributed by atoms with E-state index >= 15 is 0 Å². The number of ether oxygens (including phenoxy) is 1. The molecule has 8 nitrogen and oxygen atoms in total. The number of hydrogen-bond donors (Lipinski definition) is 3. The molecule has 0 saturated carbocycles. The van der Waals surface area contributed by atoms with Crippen LogP contribution in [-0.2, 0) is 19.6 Å². The maximum absolute atomic E-state index is 11.4. The molecular weight excluding hydrogens is 272 g/mol. The molecule has 0 bridgehead atoms. The average Bonchev–Trinajstić information content (AvgIpc) is 2.56. The fourth-order valence-corrected chi connectivity index (χ4v) is 2.32. The summed E-state index contributed by atoms with van der Waals surface area (Å²) in [5.74, 6) is -1.04. The van der Waals surface area contributed by atoms with Gasteiger partial charge in [0, 0.05) is 10.8 Å². The lowest BCUT2D eigenvalue weighted by molar-refractivity contribution is 0.0519. The highest BCUT2D eigenvalue weighted by molar-refractivity contribution is 8.69. The lowest BCUT2D eigenvalue weighted by Gasteiger charge is -2.01. The molecule has 10 heteroatoms. The highest BCUT2D eigenvalue weighted by Gasteiger charge is 2.18. The Labute approximate surface area is 99.9 Å². The number of hydrogen-bond acceptors (Lipinski definition) is 6. The van der Waals surface area contributed by atoms with Crippen molar-refractivity contribution in [1.29, 1.82) is 0 Å². The van der Waals surface area contributed by atoms with Crippen LogP contribution in [-0.4, -0.2) is 35.5 Å². The third kappa shape index (κ3) is 4.24. The molecule has 0 spiro atoms. The van der Waals surface area contributed by atoms with Crippen molar-refractivity contribution in [2.75, 3.05) is 6.61 Å². The zero-order valence-electron chi connectivity index (χ0n) is 8.72. The molecule has 3 N–H and O–H groups in total. The Morgan fingerprint density at radius 2 is 2.12 bits per heavy atom. The van der Waals surface area contributed by atoms with Gasteiger partial charge in [-0.25, -0.2) is 9.59 Å². The quantitative estimate of drug-likeness (QED) is 0.391. The molecule has 0 saturated heterocycles. The van der Waals surface area contributed by atoms with E-state index in [0.29, 0.717) is 0 Å². The summed E-state index contributed by atoms with van der Waals surface area (Å²) in [5.41, 5.74) is -0.747. The zero-order chi connectivity index (χ0) is 13.1. The van der Waals surface area contributed by atoms with Gasteiger partial charge in [0.05, 0.1) is 18.1 Å². The van der Waals surface area contributed by atoms with E-state index in [4.69, 9.17) is 4.55 Å². The minimum atomic E-state index is -4.24. The molecule has 0 fully saturated rings. The van der Waals surface area contributed by atoms with Gasteiger partial charge < -0.3 is 9.72 Å². The van der Waals surface area contributed by atoms with E-state index in [-0.39, 0.29) is 34.5 Å². The van der Waals surface area contributed by atoms with Crippen LogP contribution >= 0.6 is 10.8 Å². The third-order valence-corrected chi connectivity index (χ3v) is 3.59. The molecule has 0 unspecified atom stereocenters. The van der Waals surface area contributed by atoms with E-state index in [1.54, 1.807) is 6.92 Å². The molecule has 1 aromatic heterocycles. The first kappa shape index (κ1) is 13.8. The van der Waals surface area contributed by atoms with Crippen LogP contribution in [0.1, 0.15) is 23.1 Å². The first-order valence-corrected chi connectivity index (χ1v) is 7.38. The van der Waals surface area contributed by atoms with Gasteiger partial charge in [-0.1, -0.05) is 0 Å². The molecule has 0 aliphatic heterocycles. The highest BCUT2D eigenvalue weighted by atomic mass is 33.1. The standard InChI is InChI=1S/C7H10N2O6S2/c1-2-15-6(10)5-4(8-7(11)9-5)3-16-17(12,13)14/h2-3H2,1H3,(H2,8,9,11)(H,12,13,14). The molecule has 0 radical (unpaired) electrons. The summed E-state index contributed by atoms with van der Waals surface area (Å²) in [6.45, 7) is 1.71. The molecule has 1 rings (SSSR count). The van der Waals surface area contributed by atoms with Crippen LogP contribution in [0, 0.1) is 0 Å². The monoisotopic (exact) mass is 282 g/mol. The third-order valence-electron chi connectivity index (χ3n) is 1.64. The maximum Gasteiger partial charge on any atom is 0.356 e. The largest absolute Gasteiger partial charge is 0.461 e. The Hall–Kier alpha value is -1.26. The van der Waals surface area contributed by atoms with E-state index < -0.39 is 20.8 Å². The van der Waals surface area contributed by atoms with Gasteiger partial charge in [0.25, 0.3) is 0 Å². The Balaban J connectivity index is 2.92. The smallest absolute Gasteiger partial charge is 0.356 e. The Morgan fingerprint density at radius 1 is 1.47 bits per heavy atom. The van der Waals surface area contributed by atoms with Gasteiger partial charge in [-0.3, -0.25) is 9.54 Å². The minimum Gasteiger partial charge on any atom is -0.461 e. The van der Waals surface area contributed by atoms with Crippen molar-refractivity contribution < 1.29 is 22.5 Å². The van der Waals surface area contributed by atoms with E-state index in [1.165, 1.54) is 0 Å². The SMILES string of the molecule is CCOC(=O)c1[nH]c(=O)[nH]c1CSS(=O)(=O)O. The fourth-order valence-electron chi connectivity index (χ4n) is 1.04. The number of imidazole rings is 1. The van der Waals surface area contributed by atoms with Crippen LogP contribution in [0.3, 0.4) is 0 Å². The van der Waals surface area contributed by atoms with Crippen molar-refractivity contribution in [2.24, 2.45) is 0 Å². The summed E-state index contributed by atoms with van der Waals surface area (Å²) in [4.78, 5) is 26.8. The molecule has 0 aliphatic rings. The van der Waals surface area contributed by atoms with E-state index in [1.807, 2.05) is 0 Å². The fraction of sp³-hybridized carbons (Fsp3) is 0.429.